The van der Waals surface area contributed by atoms with Crippen molar-refractivity contribution in [2.75, 3.05) is 13.1 Å². The Morgan fingerprint density at radius 2 is 2.11 bits per heavy atom. The van der Waals surface area contributed by atoms with E-state index in [0.717, 1.165) is 12.1 Å². The van der Waals surface area contributed by atoms with E-state index >= 15 is 0 Å². The Labute approximate surface area is 118 Å². The van der Waals surface area contributed by atoms with E-state index in [1.54, 1.807) is 6.92 Å². The van der Waals surface area contributed by atoms with Crippen molar-refractivity contribution in [2.24, 2.45) is 0 Å². The van der Waals surface area contributed by atoms with Crippen LogP contribution in [0.25, 0.3) is 0 Å². The zero-order chi connectivity index (χ0) is 13.3. The highest BCUT2D eigenvalue weighted by molar-refractivity contribution is 5.95. The zero-order valence-electron chi connectivity index (χ0n) is 11.4. The first-order chi connectivity index (χ1) is 8.50. The molecular weight excluding hydrogens is 266 g/mol. The van der Waals surface area contributed by atoms with Gasteiger partial charge in [0, 0.05) is 37.4 Å². The van der Waals surface area contributed by atoms with Crippen LogP contribution in [-0.2, 0) is 0 Å². The Hall–Kier alpha value is -1.33. The van der Waals surface area contributed by atoms with E-state index < -0.39 is 0 Å². The minimum absolute atomic E-state index is 0. The fourth-order valence-electron chi connectivity index (χ4n) is 2.30. The number of rotatable bonds is 1. The van der Waals surface area contributed by atoms with E-state index in [4.69, 9.17) is 0 Å². The number of aromatic nitrogens is 1. The van der Waals surface area contributed by atoms with Crippen LogP contribution in [0.15, 0.2) is 17.1 Å². The van der Waals surface area contributed by atoms with Crippen LogP contribution in [0, 0.1) is 6.92 Å². The molecule has 2 atom stereocenters. The first kappa shape index (κ1) is 15.7. The Kier molecular flexibility index (Phi) is 5.14. The van der Waals surface area contributed by atoms with Gasteiger partial charge < -0.3 is 15.2 Å². The van der Waals surface area contributed by atoms with Gasteiger partial charge in [-0.2, -0.15) is 0 Å². The van der Waals surface area contributed by atoms with Crippen LogP contribution in [0.2, 0.25) is 0 Å². The molecule has 0 spiro atoms. The van der Waals surface area contributed by atoms with Crippen molar-refractivity contribution in [3.8, 4) is 0 Å². The summed E-state index contributed by atoms with van der Waals surface area (Å²) in [7, 11) is 0. The van der Waals surface area contributed by atoms with Gasteiger partial charge in [-0.25, -0.2) is 0 Å². The van der Waals surface area contributed by atoms with Gasteiger partial charge in [0.1, 0.15) is 0 Å². The van der Waals surface area contributed by atoms with E-state index in [9.17, 15) is 9.59 Å². The molecule has 2 N–H and O–H groups in total. The molecule has 2 rings (SSSR count). The van der Waals surface area contributed by atoms with Gasteiger partial charge in [0.15, 0.2) is 0 Å². The number of carbonyl (C=O) groups is 1. The number of halogens is 1. The molecule has 1 aliphatic rings. The van der Waals surface area contributed by atoms with Gasteiger partial charge in [-0.3, -0.25) is 9.59 Å². The number of piperazine rings is 1. The predicted molar refractivity (Wildman–Crippen MR) is 77.0 cm³/mol. The van der Waals surface area contributed by atoms with Crippen molar-refractivity contribution < 1.29 is 4.79 Å². The van der Waals surface area contributed by atoms with Crippen LogP contribution in [0.5, 0.6) is 0 Å². The molecule has 0 saturated carbocycles. The van der Waals surface area contributed by atoms with Crippen molar-refractivity contribution >= 4 is 18.3 Å². The molecule has 1 aromatic heterocycles. The molecule has 1 aromatic rings. The van der Waals surface area contributed by atoms with Gasteiger partial charge in [0.05, 0.1) is 5.56 Å². The number of amides is 1. The topological polar surface area (TPSA) is 65.2 Å². The van der Waals surface area contributed by atoms with Crippen molar-refractivity contribution in [3.63, 3.8) is 0 Å². The smallest absolute Gasteiger partial charge is 0.255 e. The van der Waals surface area contributed by atoms with Crippen LogP contribution in [0.4, 0.5) is 0 Å². The van der Waals surface area contributed by atoms with E-state index in [1.807, 2.05) is 11.8 Å². The monoisotopic (exact) mass is 285 g/mol. The third kappa shape index (κ3) is 3.16. The second-order valence-electron chi connectivity index (χ2n) is 4.88. The fraction of sp³-hybridized carbons (Fsp3) is 0.538. The first-order valence-electron chi connectivity index (χ1n) is 6.24. The van der Waals surface area contributed by atoms with E-state index in [2.05, 4.69) is 17.2 Å². The number of carbonyl (C=O) groups excluding carboxylic acids is 1. The molecule has 2 unspecified atom stereocenters. The number of nitrogens with one attached hydrogen (secondary N) is 2. The molecule has 1 saturated heterocycles. The summed E-state index contributed by atoms with van der Waals surface area (Å²) in [6, 6.07) is 1.90. The first-order valence-corrected chi connectivity index (χ1v) is 6.24. The molecule has 2 heterocycles. The number of pyridine rings is 1. The quantitative estimate of drug-likeness (QED) is 0.807. The Morgan fingerprint density at radius 3 is 2.74 bits per heavy atom. The standard InChI is InChI=1S/C13H19N3O2.ClH/c1-8-6-12(17)15-7-11(8)13(18)16-5-4-14-9(2)10(16)3;/h6-7,9-10,14H,4-5H2,1-3H3,(H,15,17);1H. The highest BCUT2D eigenvalue weighted by atomic mass is 35.5. The van der Waals surface area contributed by atoms with E-state index in [-0.39, 0.29) is 36.0 Å². The van der Waals surface area contributed by atoms with Crippen molar-refractivity contribution in [1.29, 1.82) is 0 Å². The molecule has 0 bridgehead atoms. The molecule has 0 aliphatic carbocycles. The lowest BCUT2D eigenvalue weighted by molar-refractivity contribution is 0.0601. The number of aromatic amines is 1. The van der Waals surface area contributed by atoms with Crippen molar-refractivity contribution in [2.45, 2.75) is 32.9 Å². The molecule has 1 fully saturated rings. The molecule has 0 radical (unpaired) electrons. The number of nitrogens with zero attached hydrogens (tertiary/aromatic N) is 1. The minimum Gasteiger partial charge on any atom is -0.333 e. The molecule has 1 aliphatic heterocycles. The number of hydrogen-bond donors (Lipinski definition) is 2. The molecule has 0 aromatic carbocycles. The highest BCUT2D eigenvalue weighted by Gasteiger charge is 2.29. The summed E-state index contributed by atoms with van der Waals surface area (Å²) >= 11 is 0. The van der Waals surface area contributed by atoms with Crippen LogP contribution < -0.4 is 10.9 Å². The lowest BCUT2D eigenvalue weighted by Crippen LogP contribution is -2.57. The molecule has 5 nitrogen and oxygen atoms in total. The summed E-state index contributed by atoms with van der Waals surface area (Å²) in [6.07, 6.45) is 1.51. The van der Waals surface area contributed by atoms with Gasteiger partial charge in [0.25, 0.3) is 5.91 Å². The summed E-state index contributed by atoms with van der Waals surface area (Å²) in [6.45, 7) is 7.40. The SMILES string of the molecule is Cc1cc(=O)[nH]cc1C(=O)N1CCNC(C)C1C.Cl. The summed E-state index contributed by atoms with van der Waals surface area (Å²) in [5.74, 6) is -0.00963. The third-order valence-electron chi connectivity index (χ3n) is 3.66. The average molecular weight is 286 g/mol. The lowest BCUT2D eigenvalue weighted by Gasteiger charge is -2.38. The Balaban J connectivity index is 0.00000180. The molecule has 1 amide bonds. The molecule has 6 heteroatoms. The predicted octanol–water partition coefficient (Wildman–Crippen LogP) is 0.928. The summed E-state index contributed by atoms with van der Waals surface area (Å²) in [5, 5.41) is 3.34. The molecular formula is C13H20ClN3O2. The van der Waals surface area contributed by atoms with Crippen molar-refractivity contribution in [1.82, 2.24) is 15.2 Å². The normalized spacial score (nSPS) is 22.8. The second kappa shape index (κ2) is 6.21. The summed E-state index contributed by atoms with van der Waals surface area (Å²) in [5.41, 5.74) is 1.13. The van der Waals surface area contributed by atoms with Gasteiger partial charge >= 0.3 is 0 Å². The largest absolute Gasteiger partial charge is 0.333 e. The zero-order valence-corrected chi connectivity index (χ0v) is 12.2. The van der Waals surface area contributed by atoms with Crippen LogP contribution in [0.3, 0.4) is 0 Å². The summed E-state index contributed by atoms with van der Waals surface area (Å²) in [4.78, 5) is 28.1. The lowest BCUT2D eigenvalue weighted by atomic mass is 10.0. The minimum atomic E-state index is -0.175. The van der Waals surface area contributed by atoms with Crippen LogP contribution in [-0.4, -0.2) is 41.0 Å². The third-order valence-corrected chi connectivity index (χ3v) is 3.66. The number of aryl methyl sites for hydroxylation is 1. The van der Waals surface area contributed by atoms with Gasteiger partial charge in [-0.05, 0) is 26.3 Å². The maximum Gasteiger partial charge on any atom is 0.255 e. The highest BCUT2D eigenvalue weighted by Crippen LogP contribution is 2.14. The van der Waals surface area contributed by atoms with Crippen molar-refractivity contribution in [3.05, 3.63) is 33.7 Å². The average Bonchev–Trinajstić information content (AvgIpc) is 2.32. The van der Waals surface area contributed by atoms with E-state index in [0.29, 0.717) is 12.1 Å². The van der Waals surface area contributed by atoms with Crippen LogP contribution >= 0.6 is 12.4 Å². The number of H-pyrrole nitrogens is 1. The van der Waals surface area contributed by atoms with Gasteiger partial charge in [-0.15, -0.1) is 12.4 Å². The number of hydrogen-bond acceptors (Lipinski definition) is 3. The van der Waals surface area contributed by atoms with Gasteiger partial charge in [0.2, 0.25) is 5.56 Å². The second-order valence-corrected chi connectivity index (χ2v) is 4.88. The Bertz CT molecular complexity index is 515. The van der Waals surface area contributed by atoms with E-state index in [1.165, 1.54) is 12.3 Å². The fourth-order valence-corrected chi connectivity index (χ4v) is 2.30. The summed E-state index contributed by atoms with van der Waals surface area (Å²) < 4.78 is 0. The molecule has 19 heavy (non-hydrogen) atoms. The maximum absolute atomic E-state index is 12.5. The Morgan fingerprint density at radius 1 is 1.42 bits per heavy atom. The molecule has 106 valence electrons. The maximum atomic E-state index is 12.5. The van der Waals surface area contributed by atoms with Gasteiger partial charge in [-0.1, -0.05) is 0 Å². The van der Waals surface area contributed by atoms with Crippen LogP contribution in [0.1, 0.15) is 29.8 Å².